The Labute approximate surface area is 96.1 Å². The molecule has 0 aromatic carbocycles. The molecule has 5 nitrogen and oxygen atoms in total. The lowest BCUT2D eigenvalue weighted by Crippen LogP contribution is -2.19. The van der Waals surface area contributed by atoms with Crippen LogP contribution in [-0.2, 0) is 9.57 Å². The third kappa shape index (κ3) is 2.90. The number of methoxy groups -OCH3 is 1. The van der Waals surface area contributed by atoms with Gasteiger partial charge in [-0.15, -0.1) is 0 Å². The van der Waals surface area contributed by atoms with Gasteiger partial charge in [-0.25, -0.2) is 9.86 Å². The number of nitrogens with zero attached hydrogens (tertiary/aromatic N) is 2. The van der Waals surface area contributed by atoms with Gasteiger partial charge >= 0.3 is 5.97 Å². The zero-order valence-corrected chi connectivity index (χ0v) is 10.0. The van der Waals surface area contributed by atoms with Crippen molar-refractivity contribution in [2.24, 2.45) is 0 Å². The van der Waals surface area contributed by atoms with Crippen molar-refractivity contribution in [3.8, 4) is 0 Å². The molecule has 15 heavy (non-hydrogen) atoms. The fourth-order valence-electron chi connectivity index (χ4n) is 1.02. The number of carbonyl (C=O) groups is 1. The van der Waals surface area contributed by atoms with Gasteiger partial charge < -0.3 is 4.74 Å². The number of carbonyl (C=O) groups excluding carboxylic acids is 1. The van der Waals surface area contributed by atoms with Crippen LogP contribution in [0.2, 0.25) is 0 Å². The summed E-state index contributed by atoms with van der Waals surface area (Å²) >= 11 is 3.25. The lowest BCUT2D eigenvalue weighted by molar-refractivity contribution is 0.0600. The number of halogens is 1. The standard InChI is InChI=1S/C9H11BrN2O3/c1-14-9(13)7-3-8(5-11-4-7)12(6-10)15-2/h3-5H,6H2,1-2H3. The van der Waals surface area contributed by atoms with E-state index in [1.54, 1.807) is 17.3 Å². The van der Waals surface area contributed by atoms with E-state index in [9.17, 15) is 4.79 Å². The molecule has 1 aromatic rings. The second kappa shape index (κ2) is 5.67. The Kier molecular flexibility index (Phi) is 4.51. The van der Waals surface area contributed by atoms with Crippen molar-refractivity contribution in [2.75, 3.05) is 24.7 Å². The quantitative estimate of drug-likeness (QED) is 0.361. The Balaban J connectivity index is 2.96. The number of hydroxylamine groups is 1. The lowest BCUT2D eigenvalue weighted by atomic mass is 10.2. The number of pyridine rings is 1. The maximum Gasteiger partial charge on any atom is 0.339 e. The molecule has 0 aliphatic carbocycles. The van der Waals surface area contributed by atoms with E-state index in [4.69, 9.17) is 4.84 Å². The molecule has 0 atom stereocenters. The highest BCUT2D eigenvalue weighted by Crippen LogP contribution is 2.16. The lowest BCUT2D eigenvalue weighted by Gasteiger charge is -2.18. The van der Waals surface area contributed by atoms with Crippen LogP contribution in [0.1, 0.15) is 10.4 Å². The highest BCUT2D eigenvalue weighted by atomic mass is 79.9. The molecule has 6 heteroatoms. The van der Waals surface area contributed by atoms with Crippen LogP contribution in [-0.4, -0.2) is 30.6 Å². The van der Waals surface area contributed by atoms with Crippen molar-refractivity contribution >= 4 is 27.6 Å². The van der Waals surface area contributed by atoms with Gasteiger partial charge in [-0.3, -0.25) is 9.82 Å². The van der Waals surface area contributed by atoms with E-state index >= 15 is 0 Å². The summed E-state index contributed by atoms with van der Waals surface area (Å²) in [4.78, 5) is 20.2. The first-order valence-corrected chi connectivity index (χ1v) is 5.26. The van der Waals surface area contributed by atoms with Crippen molar-refractivity contribution < 1.29 is 14.4 Å². The molecule has 1 rings (SSSR count). The molecule has 82 valence electrons. The first-order chi connectivity index (χ1) is 7.22. The van der Waals surface area contributed by atoms with Crippen LogP contribution in [0, 0.1) is 0 Å². The average molecular weight is 275 g/mol. The van der Waals surface area contributed by atoms with E-state index in [1.807, 2.05) is 0 Å². The van der Waals surface area contributed by atoms with Gasteiger partial charge in [-0.1, -0.05) is 15.9 Å². The van der Waals surface area contributed by atoms with Crippen LogP contribution in [0.5, 0.6) is 0 Å². The number of hydrogen-bond donors (Lipinski definition) is 0. The van der Waals surface area contributed by atoms with Crippen LogP contribution < -0.4 is 5.06 Å². The molecule has 0 aliphatic heterocycles. The Morgan fingerprint density at radius 1 is 1.53 bits per heavy atom. The molecule has 0 aliphatic rings. The topological polar surface area (TPSA) is 51.7 Å². The van der Waals surface area contributed by atoms with Crippen molar-refractivity contribution in [2.45, 2.75) is 0 Å². The van der Waals surface area contributed by atoms with E-state index in [-0.39, 0.29) is 0 Å². The van der Waals surface area contributed by atoms with Gasteiger partial charge in [0.2, 0.25) is 0 Å². The summed E-state index contributed by atoms with van der Waals surface area (Å²) in [5.74, 6) is -0.421. The Morgan fingerprint density at radius 2 is 2.27 bits per heavy atom. The molecule has 0 radical (unpaired) electrons. The summed E-state index contributed by atoms with van der Waals surface area (Å²) in [6, 6.07) is 1.64. The summed E-state index contributed by atoms with van der Waals surface area (Å²) in [5.41, 5.74) is 1.55. The van der Waals surface area contributed by atoms with Gasteiger partial charge in [-0.05, 0) is 6.07 Å². The molecule has 0 N–H and O–H groups in total. The van der Waals surface area contributed by atoms with E-state index in [1.165, 1.54) is 20.4 Å². The molecular weight excluding hydrogens is 264 g/mol. The third-order valence-corrected chi connectivity index (χ3v) is 2.22. The van der Waals surface area contributed by atoms with Gasteiger partial charge in [0, 0.05) is 6.20 Å². The van der Waals surface area contributed by atoms with Crippen LogP contribution in [0.25, 0.3) is 0 Å². The summed E-state index contributed by atoms with van der Waals surface area (Å²) in [5, 5.41) is 1.54. The zero-order chi connectivity index (χ0) is 11.3. The first-order valence-electron chi connectivity index (χ1n) is 4.14. The first kappa shape index (κ1) is 11.9. The predicted molar refractivity (Wildman–Crippen MR) is 58.9 cm³/mol. The van der Waals surface area contributed by atoms with Crippen molar-refractivity contribution in [1.82, 2.24) is 4.98 Å². The Morgan fingerprint density at radius 3 is 2.80 bits per heavy atom. The summed E-state index contributed by atoms with van der Waals surface area (Å²) in [7, 11) is 2.86. The summed E-state index contributed by atoms with van der Waals surface area (Å²) in [6.07, 6.45) is 3.04. The molecule has 1 aromatic heterocycles. The Hall–Kier alpha value is -1.14. The number of aromatic nitrogens is 1. The SMILES string of the molecule is COC(=O)c1cncc(N(CBr)OC)c1. The number of alkyl halides is 1. The van der Waals surface area contributed by atoms with Crippen molar-refractivity contribution in [1.29, 1.82) is 0 Å². The monoisotopic (exact) mass is 274 g/mol. The van der Waals surface area contributed by atoms with E-state index in [0.717, 1.165) is 0 Å². The number of hydrogen-bond acceptors (Lipinski definition) is 5. The van der Waals surface area contributed by atoms with E-state index in [2.05, 4.69) is 25.7 Å². The molecule has 1 heterocycles. The fraction of sp³-hybridized carbons (Fsp3) is 0.333. The van der Waals surface area contributed by atoms with Gasteiger partial charge in [0.1, 0.15) is 5.45 Å². The van der Waals surface area contributed by atoms with Crippen LogP contribution in [0.3, 0.4) is 0 Å². The number of esters is 1. The number of anilines is 1. The summed E-state index contributed by atoms with van der Waals surface area (Å²) in [6.45, 7) is 0. The third-order valence-electron chi connectivity index (χ3n) is 1.76. The molecule has 0 saturated heterocycles. The second-order valence-electron chi connectivity index (χ2n) is 2.60. The fourth-order valence-corrected chi connectivity index (χ4v) is 1.51. The second-order valence-corrected chi connectivity index (χ2v) is 3.11. The summed E-state index contributed by atoms with van der Waals surface area (Å²) < 4.78 is 4.59. The smallest absolute Gasteiger partial charge is 0.339 e. The minimum atomic E-state index is -0.421. The molecule has 0 saturated carbocycles. The molecule has 0 unspecified atom stereocenters. The minimum absolute atomic E-state index is 0.387. The Bertz CT molecular complexity index is 342. The van der Waals surface area contributed by atoms with Crippen molar-refractivity contribution in [3.63, 3.8) is 0 Å². The normalized spacial score (nSPS) is 9.80. The highest BCUT2D eigenvalue weighted by Gasteiger charge is 2.10. The molecule has 0 bridgehead atoms. The molecule has 0 fully saturated rings. The van der Waals surface area contributed by atoms with Gasteiger partial charge in [-0.2, -0.15) is 0 Å². The van der Waals surface area contributed by atoms with Crippen molar-refractivity contribution in [3.05, 3.63) is 24.0 Å². The van der Waals surface area contributed by atoms with E-state index < -0.39 is 5.97 Å². The average Bonchev–Trinajstić information content (AvgIpc) is 2.30. The van der Waals surface area contributed by atoms with Crippen LogP contribution >= 0.6 is 15.9 Å². The molecular formula is C9H11BrN2O3. The molecule has 0 amide bonds. The maximum absolute atomic E-state index is 11.2. The maximum atomic E-state index is 11.2. The predicted octanol–water partition coefficient (Wildman–Crippen LogP) is 1.59. The number of rotatable bonds is 4. The van der Waals surface area contributed by atoms with Crippen LogP contribution in [0.4, 0.5) is 5.69 Å². The number of ether oxygens (including phenoxy) is 1. The molecule has 0 spiro atoms. The zero-order valence-electron chi connectivity index (χ0n) is 8.44. The van der Waals surface area contributed by atoms with E-state index in [0.29, 0.717) is 16.7 Å². The van der Waals surface area contributed by atoms with Crippen LogP contribution in [0.15, 0.2) is 18.5 Å². The van der Waals surface area contributed by atoms with Gasteiger partial charge in [0.25, 0.3) is 0 Å². The highest BCUT2D eigenvalue weighted by molar-refractivity contribution is 9.09. The largest absolute Gasteiger partial charge is 0.465 e. The van der Waals surface area contributed by atoms with Gasteiger partial charge in [0.05, 0.1) is 31.7 Å². The van der Waals surface area contributed by atoms with Gasteiger partial charge in [0.15, 0.2) is 0 Å². The minimum Gasteiger partial charge on any atom is -0.465 e.